The Labute approximate surface area is 218 Å². The average Bonchev–Trinajstić information content (AvgIpc) is 3.56. The van der Waals surface area contributed by atoms with Crippen LogP contribution in [0.4, 0.5) is 16.6 Å². The van der Waals surface area contributed by atoms with Gasteiger partial charge in [0.1, 0.15) is 12.0 Å². The number of anilines is 3. The highest BCUT2D eigenvalue weighted by Gasteiger charge is 2.28. The first-order chi connectivity index (χ1) is 18.0. The van der Waals surface area contributed by atoms with E-state index in [0.29, 0.717) is 42.6 Å². The quantitative estimate of drug-likeness (QED) is 0.459. The zero-order chi connectivity index (χ0) is 25.4. The monoisotopic (exact) mass is 523 g/mol. The Morgan fingerprint density at radius 1 is 1.22 bits per heavy atom. The van der Waals surface area contributed by atoms with Crippen LogP contribution in [0.3, 0.4) is 0 Å². The molecule has 194 valence electrons. The third-order valence-corrected chi connectivity index (χ3v) is 7.71. The molecule has 37 heavy (non-hydrogen) atoms. The van der Waals surface area contributed by atoms with Crippen LogP contribution in [-0.4, -0.2) is 71.5 Å². The van der Waals surface area contributed by atoms with Crippen LogP contribution in [0.1, 0.15) is 30.3 Å². The summed E-state index contributed by atoms with van der Waals surface area (Å²) in [5.74, 6) is 0.283. The van der Waals surface area contributed by atoms with Crippen LogP contribution in [0.2, 0.25) is 0 Å². The summed E-state index contributed by atoms with van der Waals surface area (Å²) >= 11 is 1.55. The lowest BCUT2D eigenvalue weighted by molar-refractivity contribution is -0.113. The summed E-state index contributed by atoms with van der Waals surface area (Å²) in [6, 6.07) is 5.70. The second-order valence-corrected chi connectivity index (χ2v) is 10.4. The number of carbonyl (C=O) groups excluding carboxylic acids is 1. The van der Waals surface area contributed by atoms with Gasteiger partial charge in [0.2, 0.25) is 0 Å². The summed E-state index contributed by atoms with van der Waals surface area (Å²) < 4.78 is 12.1. The number of aryl methyl sites for hydroxylation is 1. The second-order valence-electron chi connectivity index (χ2n) is 9.40. The van der Waals surface area contributed by atoms with Crippen molar-refractivity contribution in [1.82, 2.24) is 20.3 Å². The van der Waals surface area contributed by atoms with Gasteiger partial charge in [0.25, 0.3) is 5.91 Å². The van der Waals surface area contributed by atoms with Crippen LogP contribution in [0.15, 0.2) is 36.4 Å². The van der Waals surface area contributed by atoms with E-state index in [9.17, 15) is 9.90 Å². The molecule has 0 radical (unpaired) electrons. The van der Waals surface area contributed by atoms with Crippen molar-refractivity contribution in [2.24, 2.45) is 0 Å². The van der Waals surface area contributed by atoms with Crippen molar-refractivity contribution in [3.63, 3.8) is 0 Å². The number of ether oxygens (including phenoxy) is 2. The molecule has 1 unspecified atom stereocenters. The lowest BCUT2D eigenvalue weighted by Gasteiger charge is -2.32. The van der Waals surface area contributed by atoms with Crippen LogP contribution in [0, 0.1) is 6.92 Å². The molecule has 3 aromatic heterocycles. The molecule has 0 aliphatic carbocycles. The van der Waals surface area contributed by atoms with Gasteiger partial charge < -0.3 is 35.0 Å². The van der Waals surface area contributed by atoms with Crippen molar-refractivity contribution in [3.05, 3.63) is 47.6 Å². The van der Waals surface area contributed by atoms with E-state index in [1.807, 2.05) is 30.0 Å². The van der Waals surface area contributed by atoms with Crippen molar-refractivity contribution >= 4 is 44.2 Å². The van der Waals surface area contributed by atoms with Crippen LogP contribution in [0.5, 0.6) is 0 Å². The Bertz CT molecular complexity index is 1340. The summed E-state index contributed by atoms with van der Waals surface area (Å²) in [5, 5.41) is 17.4. The molecule has 12 heteroatoms. The molecule has 0 aromatic carbocycles. The molecule has 2 saturated heterocycles. The van der Waals surface area contributed by atoms with E-state index in [1.54, 1.807) is 17.5 Å². The molecule has 2 fully saturated rings. The molecule has 0 bridgehead atoms. The van der Waals surface area contributed by atoms with E-state index in [4.69, 9.17) is 19.4 Å². The highest BCUT2D eigenvalue weighted by molar-refractivity contribution is 7.22. The Hall–Kier alpha value is -3.48. The number of aliphatic hydroxyl groups is 1. The van der Waals surface area contributed by atoms with Gasteiger partial charge in [-0.25, -0.2) is 4.98 Å². The smallest absolute Gasteiger partial charge is 0.275 e. The fraction of sp³-hybridized carbons (Fsp3) is 0.440. The molecule has 0 spiro atoms. The van der Waals surface area contributed by atoms with Crippen LogP contribution in [0.25, 0.3) is 10.3 Å². The number of rotatable bonds is 5. The summed E-state index contributed by atoms with van der Waals surface area (Å²) in [6.45, 7) is 6.02. The van der Waals surface area contributed by atoms with Gasteiger partial charge in [-0.3, -0.25) is 9.78 Å². The third kappa shape index (κ3) is 5.04. The number of morpholine rings is 1. The fourth-order valence-corrected chi connectivity index (χ4v) is 5.76. The van der Waals surface area contributed by atoms with Gasteiger partial charge in [0.15, 0.2) is 22.8 Å². The van der Waals surface area contributed by atoms with Crippen molar-refractivity contribution in [3.8, 4) is 0 Å². The standard InChI is InChI=1S/C25H29N7O4S/c1-15-11-16(4-5-26-15)24-28-19(14-36-24)23(34)27-18-12-20-21(29-22(18)32-6-2-3-17(33)13-32)30-25(37-20)31-7-9-35-10-8-31/h4-5,11-12,14,17,24,28,33H,2-3,6-10,13H2,1H3,(H,27,34)/t17-,24?/m0/s1. The van der Waals surface area contributed by atoms with Crippen LogP contribution in [-0.2, 0) is 14.3 Å². The van der Waals surface area contributed by atoms with Gasteiger partial charge in [-0.2, -0.15) is 4.98 Å². The number of fused-ring (bicyclic) bond motifs is 1. The van der Waals surface area contributed by atoms with Gasteiger partial charge in [0.05, 0.1) is 29.7 Å². The Morgan fingerprint density at radius 3 is 2.89 bits per heavy atom. The first-order valence-corrected chi connectivity index (χ1v) is 13.3. The molecular weight excluding hydrogens is 494 g/mol. The fourth-order valence-electron chi connectivity index (χ4n) is 4.76. The van der Waals surface area contributed by atoms with E-state index < -0.39 is 12.3 Å². The van der Waals surface area contributed by atoms with Crippen molar-refractivity contribution in [2.45, 2.75) is 32.1 Å². The van der Waals surface area contributed by atoms with E-state index in [1.165, 1.54) is 6.26 Å². The molecule has 3 aliphatic heterocycles. The molecule has 6 heterocycles. The maximum absolute atomic E-state index is 13.3. The highest BCUT2D eigenvalue weighted by Crippen LogP contribution is 2.36. The molecule has 3 N–H and O–H groups in total. The topological polar surface area (TPSA) is 125 Å². The van der Waals surface area contributed by atoms with E-state index in [-0.39, 0.29) is 5.91 Å². The molecule has 3 aliphatic rings. The normalized spacial score (nSPS) is 21.9. The summed E-state index contributed by atoms with van der Waals surface area (Å²) in [5.41, 5.74) is 3.29. The Morgan fingerprint density at radius 2 is 2.08 bits per heavy atom. The molecule has 11 nitrogen and oxygen atoms in total. The maximum atomic E-state index is 13.3. The third-order valence-electron chi connectivity index (χ3n) is 6.65. The summed E-state index contributed by atoms with van der Waals surface area (Å²) in [6.07, 6.45) is 3.85. The largest absolute Gasteiger partial charge is 0.472 e. The number of hydrogen-bond donors (Lipinski definition) is 3. The zero-order valence-corrected chi connectivity index (χ0v) is 21.3. The van der Waals surface area contributed by atoms with Crippen molar-refractivity contribution in [2.75, 3.05) is 54.5 Å². The van der Waals surface area contributed by atoms with E-state index >= 15 is 0 Å². The minimum absolute atomic E-state index is 0.322. The molecule has 2 atom stereocenters. The first kappa shape index (κ1) is 23.9. The van der Waals surface area contributed by atoms with E-state index in [0.717, 1.165) is 53.6 Å². The van der Waals surface area contributed by atoms with Gasteiger partial charge in [-0.15, -0.1) is 0 Å². The van der Waals surface area contributed by atoms with Gasteiger partial charge in [-0.1, -0.05) is 11.3 Å². The predicted molar refractivity (Wildman–Crippen MR) is 141 cm³/mol. The minimum atomic E-state index is -0.461. The zero-order valence-electron chi connectivity index (χ0n) is 20.5. The second kappa shape index (κ2) is 10.1. The number of thiazole rings is 1. The highest BCUT2D eigenvalue weighted by atomic mass is 32.1. The van der Waals surface area contributed by atoms with Gasteiger partial charge in [-0.05, 0) is 38.0 Å². The average molecular weight is 524 g/mol. The predicted octanol–water partition coefficient (Wildman–Crippen LogP) is 2.29. The number of nitrogens with one attached hydrogen (secondary N) is 2. The van der Waals surface area contributed by atoms with Gasteiger partial charge >= 0.3 is 0 Å². The number of amides is 1. The molecular formula is C25H29N7O4S. The first-order valence-electron chi connectivity index (χ1n) is 12.5. The molecule has 0 saturated carbocycles. The van der Waals surface area contributed by atoms with E-state index in [2.05, 4.69) is 20.5 Å². The van der Waals surface area contributed by atoms with Crippen molar-refractivity contribution in [1.29, 1.82) is 0 Å². The molecule has 1 amide bonds. The number of aliphatic hydroxyl groups excluding tert-OH is 1. The van der Waals surface area contributed by atoms with Crippen LogP contribution >= 0.6 is 11.3 Å². The van der Waals surface area contributed by atoms with Crippen molar-refractivity contribution < 1.29 is 19.4 Å². The number of carbonyl (C=O) groups is 1. The lowest BCUT2D eigenvalue weighted by atomic mass is 10.1. The molecule has 6 rings (SSSR count). The number of piperidine rings is 1. The minimum Gasteiger partial charge on any atom is -0.472 e. The lowest BCUT2D eigenvalue weighted by Crippen LogP contribution is -2.39. The number of β-amino-alcohol motifs (C(OH)–C–C–N with tert-alkyl or cyclic N) is 1. The summed E-state index contributed by atoms with van der Waals surface area (Å²) in [7, 11) is 0. The van der Waals surface area contributed by atoms with Crippen LogP contribution < -0.4 is 20.4 Å². The maximum Gasteiger partial charge on any atom is 0.275 e. The number of nitrogens with zero attached hydrogens (tertiary/aromatic N) is 5. The summed E-state index contributed by atoms with van der Waals surface area (Å²) in [4.78, 5) is 31.4. The van der Waals surface area contributed by atoms with Gasteiger partial charge in [0, 0.05) is 43.6 Å². The number of pyridine rings is 2. The number of aromatic nitrogens is 3. The SMILES string of the molecule is Cc1cc(C2NC(C(=O)Nc3cc4sc(N5CCOCC5)nc4nc3N3CCC[C@H](O)C3)=CO2)ccn1. The Balaban J connectivity index is 1.27. The molecule has 3 aromatic rings. The Kier molecular flexibility index (Phi) is 6.53. The number of hydrogen-bond acceptors (Lipinski definition) is 11.